The third-order valence-electron chi connectivity index (χ3n) is 3.17. The number of benzene rings is 2. The van der Waals surface area contributed by atoms with Gasteiger partial charge in [0.15, 0.2) is 9.84 Å². The van der Waals surface area contributed by atoms with Crippen molar-refractivity contribution in [1.29, 1.82) is 0 Å². The Morgan fingerprint density at radius 3 is 2.38 bits per heavy atom. The molecule has 0 saturated heterocycles. The van der Waals surface area contributed by atoms with Gasteiger partial charge in [0.1, 0.15) is 5.82 Å². The van der Waals surface area contributed by atoms with Gasteiger partial charge in [-0.25, -0.2) is 12.8 Å². The molecular weight excluding hydrogens is 289 g/mol. The fraction of sp³-hybridized carbons (Fsp3) is 0.250. The van der Waals surface area contributed by atoms with Crippen LogP contribution >= 0.6 is 0 Å². The molecule has 1 unspecified atom stereocenters. The number of rotatable bonds is 5. The van der Waals surface area contributed by atoms with Crippen LogP contribution in [0.25, 0.3) is 0 Å². The molecular formula is C16H18FNO2S. The molecule has 0 spiro atoms. The van der Waals surface area contributed by atoms with Gasteiger partial charge in [-0.05, 0) is 37.1 Å². The van der Waals surface area contributed by atoms with Gasteiger partial charge in [-0.15, -0.1) is 0 Å². The second-order valence-electron chi connectivity index (χ2n) is 5.11. The molecule has 1 N–H and O–H groups in total. The number of hydrogen-bond acceptors (Lipinski definition) is 3. The molecule has 0 saturated carbocycles. The van der Waals surface area contributed by atoms with E-state index in [1.54, 1.807) is 42.5 Å². The van der Waals surface area contributed by atoms with Gasteiger partial charge in [-0.3, -0.25) is 0 Å². The van der Waals surface area contributed by atoms with Gasteiger partial charge in [-0.2, -0.15) is 0 Å². The second-order valence-corrected chi connectivity index (χ2v) is 7.09. The highest BCUT2D eigenvalue weighted by Crippen LogP contribution is 2.22. The van der Waals surface area contributed by atoms with Crippen LogP contribution in [0, 0.1) is 5.82 Å². The molecule has 3 nitrogen and oxygen atoms in total. The van der Waals surface area contributed by atoms with Gasteiger partial charge < -0.3 is 5.32 Å². The minimum atomic E-state index is -3.30. The number of para-hydroxylation sites is 1. The van der Waals surface area contributed by atoms with E-state index in [0.29, 0.717) is 17.7 Å². The highest BCUT2D eigenvalue weighted by molar-refractivity contribution is 7.90. The van der Waals surface area contributed by atoms with Gasteiger partial charge >= 0.3 is 0 Å². The van der Waals surface area contributed by atoms with E-state index in [1.165, 1.54) is 12.3 Å². The van der Waals surface area contributed by atoms with Crippen molar-refractivity contribution in [3.05, 3.63) is 59.9 Å². The lowest BCUT2D eigenvalue weighted by atomic mass is 10.1. The Kier molecular flexibility index (Phi) is 4.63. The second kappa shape index (κ2) is 6.26. The summed E-state index contributed by atoms with van der Waals surface area (Å²) in [7, 11) is -3.30. The number of hydrogen-bond donors (Lipinski definition) is 1. The SMILES string of the molecule is CC(Cc1ccccc1F)Nc1ccccc1S(C)(=O)=O. The van der Waals surface area contributed by atoms with Gasteiger partial charge in [0, 0.05) is 12.3 Å². The lowest BCUT2D eigenvalue weighted by Gasteiger charge is -2.18. The van der Waals surface area contributed by atoms with Crippen LogP contribution in [0.2, 0.25) is 0 Å². The van der Waals surface area contributed by atoms with Crippen molar-refractivity contribution in [2.75, 3.05) is 11.6 Å². The molecule has 0 fully saturated rings. The van der Waals surface area contributed by atoms with Gasteiger partial charge in [0.2, 0.25) is 0 Å². The zero-order valence-electron chi connectivity index (χ0n) is 12.0. The van der Waals surface area contributed by atoms with Crippen molar-refractivity contribution < 1.29 is 12.8 Å². The Bertz CT molecular complexity index is 729. The third kappa shape index (κ3) is 4.04. The summed E-state index contributed by atoms with van der Waals surface area (Å²) in [5.74, 6) is -0.248. The van der Waals surface area contributed by atoms with Crippen molar-refractivity contribution in [3.63, 3.8) is 0 Å². The van der Waals surface area contributed by atoms with Crippen molar-refractivity contribution in [2.45, 2.75) is 24.3 Å². The van der Waals surface area contributed by atoms with E-state index >= 15 is 0 Å². The molecule has 2 aromatic rings. The smallest absolute Gasteiger partial charge is 0.177 e. The lowest BCUT2D eigenvalue weighted by molar-refractivity contribution is 0.598. The molecule has 2 aromatic carbocycles. The van der Waals surface area contributed by atoms with Crippen LogP contribution in [-0.2, 0) is 16.3 Å². The van der Waals surface area contributed by atoms with Crippen LogP contribution in [0.1, 0.15) is 12.5 Å². The normalized spacial score (nSPS) is 12.9. The number of sulfone groups is 1. The number of anilines is 1. The fourth-order valence-corrected chi connectivity index (χ4v) is 3.07. The van der Waals surface area contributed by atoms with Crippen LogP contribution in [-0.4, -0.2) is 20.7 Å². The largest absolute Gasteiger partial charge is 0.381 e. The van der Waals surface area contributed by atoms with E-state index in [2.05, 4.69) is 5.32 Å². The van der Waals surface area contributed by atoms with Crippen LogP contribution in [0.5, 0.6) is 0 Å². The maximum Gasteiger partial charge on any atom is 0.177 e. The van der Waals surface area contributed by atoms with Crippen LogP contribution in [0.15, 0.2) is 53.4 Å². The van der Waals surface area contributed by atoms with Gasteiger partial charge in [0.05, 0.1) is 10.6 Å². The molecule has 0 radical (unpaired) electrons. The zero-order valence-corrected chi connectivity index (χ0v) is 12.8. The Morgan fingerprint density at radius 2 is 1.71 bits per heavy atom. The third-order valence-corrected chi connectivity index (χ3v) is 4.33. The first-order valence-electron chi connectivity index (χ1n) is 6.67. The first-order valence-corrected chi connectivity index (χ1v) is 8.56. The molecule has 0 aliphatic heterocycles. The molecule has 0 aliphatic rings. The maximum atomic E-state index is 13.6. The predicted molar refractivity (Wildman–Crippen MR) is 82.7 cm³/mol. The van der Waals surface area contributed by atoms with Crippen molar-refractivity contribution in [3.8, 4) is 0 Å². The Balaban J connectivity index is 2.18. The average Bonchev–Trinajstić information content (AvgIpc) is 2.41. The minimum absolute atomic E-state index is 0.0928. The summed E-state index contributed by atoms with van der Waals surface area (Å²) in [5, 5.41) is 3.15. The minimum Gasteiger partial charge on any atom is -0.381 e. The summed E-state index contributed by atoms with van der Waals surface area (Å²) < 4.78 is 37.1. The number of halogens is 1. The van der Waals surface area contributed by atoms with Crippen molar-refractivity contribution in [1.82, 2.24) is 0 Å². The van der Waals surface area contributed by atoms with Crippen LogP contribution in [0.4, 0.5) is 10.1 Å². The topological polar surface area (TPSA) is 46.2 Å². The summed E-state index contributed by atoms with van der Waals surface area (Å²) in [5.41, 5.74) is 1.15. The first kappa shape index (κ1) is 15.5. The molecule has 21 heavy (non-hydrogen) atoms. The molecule has 1 atom stereocenters. The number of nitrogens with one attached hydrogen (secondary N) is 1. The summed E-state index contributed by atoms with van der Waals surface area (Å²) in [6.07, 6.45) is 1.65. The van der Waals surface area contributed by atoms with E-state index in [-0.39, 0.29) is 16.8 Å². The van der Waals surface area contributed by atoms with E-state index in [4.69, 9.17) is 0 Å². The standard InChI is InChI=1S/C16H18FNO2S/c1-12(11-13-7-3-4-8-14(13)17)18-15-9-5-6-10-16(15)21(2,19)20/h3-10,12,18H,11H2,1-2H3. The Morgan fingerprint density at radius 1 is 1.10 bits per heavy atom. The molecule has 2 rings (SSSR count). The lowest BCUT2D eigenvalue weighted by Crippen LogP contribution is -2.20. The Hall–Kier alpha value is -1.88. The monoisotopic (exact) mass is 307 g/mol. The molecule has 0 bridgehead atoms. The van der Waals surface area contributed by atoms with Gasteiger partial charge in [0.25, 0.3) is 0 Å². The quantitative estimate of drug-likeness (QED) is 0.922. The molecule has 5 heteroatoms. The first-order chi connectivity index (χ1) is 9.88. The van der Waals surface area contributed by atoms with E-state index in [1.807, 2.05) is 6.92 Å². The van der Waals surface area contributed by atoms with Crippen molar-refractivity contribution >= 4 is 15.5 Å². The molecule has 0 aliphatic carbocycles. The fourth-order valence-electron chi connectivity index (χ4n) is 2.22. The molecule has 0 amide bonds. The maximum absolute atomic E-state index is 13.6. The summed E-state index contributed by atoms with van der Waals surface area (Å²) in [6.45, 7) is 1.89. The van der Waals surface area contributed by atoms with E-state index in [0.717, 1.165) is 0 Å². The summed E-state index contributed by atoms with van der Waals surface area (Å²) >= 11 is 0. The van der Waals surface area contributed by atoms with Gasteiger partial charge in [-0.1, -0.05) is 30.3 Å². The van der Waals surface area contributed by atoms with Crippen LogP contribution in [0.3, 0.4) is 0 Å². The average molecular weight is 307 g/mol. The Labute approximate surface area is 124 Å². The van der Waals surface area contributed by atoms with Crippen molar-refractivity contribution in [2.24, 2.45) is 0 Å². The van der Waals surface area contributed by atoms with E-state index < -0.39 is 9.84 Å². The van der Waals surface area contributed by atoms with E-state index in [9.17, 15) is 12.8 Å². The highest BCUT2D eigenvalue weighted by Gasteiger charge is 2.14. The molecule has 0 heterocycles. The molecule has 0 aromatic heterocycles. The molecule has 112 valence electrons. The predicted octanol–water partition coefficient (Wildman–Crippen LogP) is 3.27. The highest BCUT2D eigenvalue weighted by atomic mass is 32.2. The van der Waals surface area contributed by atoms with Crippen LogP contribution < -0.4 is 5.32 Å². The summed E-state index contributed by atoms with van der Waals surface area (Å²) in [6, 6.07) is 13.2. The summed E-state index contributed by atoms with van der Waals surface area (Å²) in [4.78, 5) is 0.255. The zero-order chi connectivity index (χ0) is 15.5.